The topological polar surface area (TPSA) is 50.7 Å². The molecule has 2 N–H and O–H groups in total. The largest absolute Gasteiger partial charge is 0.497 e. The SMILES string of the molecule is COc1cccc(C(O)CNCC2CCOC2)c1. The van der Waals surface area contributed by atoms with Gasteiger partial charge in [-0.15, -0.1) is 0 Å². The van der Waals surface area contributed by atoms with Crippen LogP contribution >= 0.6 is 0 Å². The van der Waals surface area contributed by atoms with Gasteiger partial charge in [0.25, 0.3) is 0 Å². The van der Waals surface area contributed by atoms with E-state index in [2.05, 4.69) is 5.32 Å². The van der Waals surface area contributed by atoms with Crippen LogP contribution in [0.3, 0.4) is 0 Å². The number of aliphatic hydroxyl groups excluding tert-OH is 1. The van der Waals surface area contributed by atoms with Crippen LogP contribution in [-0.4, -0.2) is 38.5 Å². The van der Waals surface area contributed by atoms with Crippen LogP contribution in [0, 0.1) is 5.92 Å². The van der Waals surface area contributed by atoms with Gasteiger partial charge in [0.2, 0.25) is 0 Å². The molecule has 4 heteroatoms. The van der Waals surface area contributed by atoms with Gasteiger partial charge in [-0.3, -0.25) is 0 Å². The van der Waals surface area contributed by atoms with Crippen LogP contribution in [0.2, 0.25) is 0 Å². The van der Waals surface area contributed by atoms with Crippen molar-refractivity contribution in [2.45, 2.75) is 12.5 Å². The maximum absolute atomic E-state index is 10.1. The lowest BCUT2D eigenvalue weighted by Crippen LogP contribution is -2.27. The number of ether oxygens (including phenoxy) is 2. The highest BCUT2D eigenvalue weighted by Gasteiger charge is 2.15. The van der Waals surface area contributed by atoms with E-state index in [9.17, 15) is 5.11 Å². The molecular formula is C14H21NO3. The van der Waals surface area contributed by atoms with Gasteiger partial charge in [-0.2, -0.15) is 0 Å². The minimum absolute atomic E-state index is 0.498. The lowest BCUT2D eigenvalue weighted by atomic mass is 10.1. The Balaban J connectivity index is 1.77. The van der Waals surface area contributed by atoms with Gasteiger partial charge in [-0.25, -0.2) is 0 Å². The summed E-state index contributed by atoms with van der Waals surface area (Å²) in [5.41, 5.74) is 0.879. The average molecular weight is 251 g/mol. The Morgan fingerprint density at radius 1 is 1.56 bits per heavy atom. The van der Waals surface area contributed by atoms with E-state index in [0.717, 1.165) is 37.5 Å². The van der Waals surface area contributed by atoms with E-state index >= 15 is 0 Å². The summed E-state index contributed by atoms with van der Waals surface area (Å²) < 4.78 is 10.5. The van der Waals surface area contributed by atoms with Gasteiger partial charge in [0.05, 0.1) is 19.8 Å². The van der Waals surface area contributed by atoms with Gasteiger partial charge in [0.1, 0.15) is 5.75 Å². The average Bonchev–Trinajstić information content (AvgIpc) is 2.92. The van der Waals surface area contributed by atoms with Crippen molar-refractivity contribution >= 4 is 0 Å². The zero-order valence-corrected chi connectivity index (χ0v) is 10.8. The molecule has 0 amide bonds. The monoisotopic (exact) mass is 251 g/mol. The first-order valence-corrected chi connectivity index (χ1v) is 6.40. The summed E-state index contributed by atoms with van der Waals surface area (Å²) in [6.07, 6.45) is 0.616. The Bertz CT molecular complexity index is 364. The van der Waals surface area contributed by atoms with Crippen molar-refractivity contribution < 1.29 is 14.6 Å². The molecule has 18 heavy (non-hydrogen) atoms. The van der Waals surface area contributed by atoms with Crippen LogP contribution in [0.25, 0.3) is 0 Å². The Morgan fingerprint density at radius 2 is 2.44 bits per heavy atom. The van der Waals surface area contributed by atoms with Crippen molar-refractivity contribution in [3.8, 4) is 5.75 Å². The molecule has 0 radical (unpaired) electrons. The molecule has 4 nitrogen and oxygen atoms in total. The zero-order chi connectivity index (χ0) is 12.8. The van der Waals surface area contributed by atoms with E-state index in [1.54, 1.807) is 7.11 Å². The normalized spacial score (nSPS) is 20.9. The Kier molecular flexibility index (Phi) is 4.99. The van der Waals surface area contributed by atoms with Gasteiger partial charge in [-0.05, 0) is 30.0 Å². The summed E-state index contributed by atoms with van der Waals surface area (Å²) in [7, 11) is 1.63. The lowest BCUT2D eigenvalue weighted by molar-refractivity contribution is 0.166. The van der Waals surface area contributed by atoms with E-state index < -0.39 is 6.10 Å². The highest BCUT2D eigenvalue weighted by Crippen LogP contribution is 2.18. The number of hydrogen-bond acceptors (Lipinski definition) is 4. The molecule has 1 aliphatic heterocycles. The maximum Gasteiger partial charge on any atom is 0.119 e. The number of rotatable bonds is 6. The van der Waals surface area contributed by atoms with Crippen LogP contribution in [0.1, 0.15) is 18.1 Å². The molecule has 1 heterocycles. The summed E-state index contributed by atoms with van der Waals surface area (Å²) in [6.45, 7) is 3.16. The summed E-state index contributed by atoms with van der Waals surface area (Å²) in [4.78, 5) is 0. The predicted octanol–water partition coefficient (Wildman–Crippen LogP) is 1.35. The number of nitrogens with one attached hydrogen (secondary N) is 1. The Hall–Kier alpha value is -1.10. The van der Waals surface area contributed by atoms with Crippen molar-refractivity contribution in [3.63, 3.8) is 0 Å². The van der Waals surface area contributed by atoms with E-state index in [4.69, 9.17) is 9.47 Å². The van der Waals surface area contributed by atoms with Gasteiger partial charge in [0, 0.05) is 19.7 Å². The number of aliphatic hydroxyl groups is 1. The van der Waals surface area contributed by atoms with Crippen molar-refractivity contribution in [3.05, 3.63) is 29.8 Å². The molecule has 2 unspecified atom stereocenters. The third-order valence-corrected chi connectivity index (χ3v) is 3.27. The molecule has 2 rings (SSSR count). The fourth-order valence-electron chi connectivity index (χ4n) is 2.14. The highest BCUT2D eigenvalue weighted by molar-refractivity contribution is 5.29. The van der Waals surface area contributed by atoms with Crippen LogP contribution < -0.4 is 10.1 Å². The first-order chi connectivity index (χ1) is 8.79. The van der Waals surface area contributed by atoms with Crippen LogP contribution in [0.15, 0.2) is 24.3 Å². The molecule has 1 saturated heterocycles. The molecule has 1 aromatic carbocycles. The number of methoxy groups -OCH3 is 1. The summed E-state index contributed by atoms with van der Waals surface area (Å²) in [5.74, 6) is 1.36. The minimum atomic E-state index is -0.498. The van der Waals surface area contributed by atoms with Crippen LogP contribution in [-0.2, 0) is 4.74 Å². The van der Waals surface area contributed by atoms with Crippen molar-refractivity contribution in [1.82, 2.24) is 5.32 Å². The molecular weight excluding hydrogens is 230 g/mol. The Morgan fingerprint density at radius 3 is 3.17 bits per heavy atom. The predicted molar refractivity (Wildman–Crippen MR) is 69.7 cm³/mol. The van der Waals surface area contributed by atoms with E-state index in [1.807, 2.05) is 24.3 Å². The second-order valence-corrected chi connectivity index (χ2v) is 4.68. The first-order valence-electron chi connectivity index (χ1n) is 6.40. The highest BCUT2D eigenvalue weighted by atomic mass is 16.5. The van der Waals surface area contributed by atoms with Crippen molar-refractivity contribution in [2.24, 2.45) is 5.92 Å². The number of hydrogen-bond donors (Lipinski definition) is 2. The van der Waals surface area contributed by atoms with E-state index in [1.165, 1.54) is 0 Å². The second-order valence-electron chi connectivity index (χ2n) is 4.68. The van der Waals surface area contributed by atoms with Gasteiger partial charge < -0.3 is 19.9 Å². The van der Waals surface area contributed by atoms with E-state index in [-0.39, 0.29) is 0 Å². The fourth-order valence-corrected chi connectivity index (χ4v) is 2.14. The molecule has 1 aliphatic rings. The maximum atomic E-state index is 10.1. The third-order valence-electron chi connectivity index (χ3n) is 3.27. The van der Waals surface area contributed by atoms with Crippen molar-refractivity contribution in [2.75, 3.05) is 33.4 Å². The van der Waals surface area contributed by atoms with Crippen LogP contribution in [0.4, 0.5) is 0 Å². The van der Waals surface area contributed by atoms with Gasteiger partial charge in [-0.1, -0.05) is 12.1 Å². The summed E-state index contributed by atoms with van der Waals surface area (Å²) >= 11 is 0. The summed E-state index contributed by atoms with van der Waals surface area (Å²) in [6, 6.07) is 7.54. The van der Waals surface area contributed by atoms with E-state index in [0.29, 0.717) is 12.5 Å². The fraction of sp³-hybridized carbons (Fsp3) is 0.571. The molecule has 1 aromatic rings. The van der Waals surface area contributed by atoms with Gasteiger partial charge >= 0.3 is 0 Å². The molecule has 0 aromatic heterocycles. The lowest BCUT2D eigenvalue weighted by Gasteiger charge is -2.15. The molecule has 1 fully saturated rings. The molecule has 100 valence electrons. The smallest absolute Gasteiger partial charge is 0.119 e. The molecule has 0 bridgehead atoms. The molecule has 2 atom stereocenters. The molecule has 0 saturated carbocycles. The van der Waals surface area contributed by atoms with Crippen molar-refractivity contribution in [1.29, 1.82) is 0 Å². The Labute approximate surface area is 108 Å². The van der Waals surface area contributed by atoms with Gasteiger partial charge in [0.15, 0.2) is 0 Å². The standard InChI is InChI=1S/C14H21NO3/c1-17-13-4-2-3-12(7-13)14(16)9-15-8-11-5-6-18-10-11/h2-4,7,11,14-16H,5-6,8-10H2,1H3. The first kappa shape index (κ1) is 13.3. The minimum Gasteiger partial charge on any atom is -0.497 e. The second kappa shape index (κ2) is 6.73. The zero-order valence-electron chi connectivity index (χ0n) is 10.8. The molecule has 0 aliphatic carbocycles. The molecule has 0 spiro atoms. The quantitative estimate of drug-likeness (QED) is 0.801. The third kappa shape index (κ3) is 3.70. The van der Waals surface area contributed by atoms with Crippen LogP contribution in [0.5, 0.6) is 5.75 Å². The number of benzene rings is 1. The summed E-state index contributed by atoms with van der Waals surface area (Å²) in [5, 5.41) is 13.4.